The number of carbonyl (C=O) groups excluding carboxylic acids is 2. The first-order valence-electron chi connectivity index (χ1n) is 7.45. The fourth-order valence-electron chi connectivity index (χ4n) is 1.97. The van der Waals surface area contributed by atoms with E-state index in [0.717, 1.165) is 9.87 Å². The van der Waals surface area contributed by atoms with Crippen molar-refractivity contribution >= 4 is 37.8 Å². The quantitative estimate of drug-likeness (QED) is 0.591. The number of carbonyl (C=O) groups is 2. The lowest BCUT2D eigenvalue weighted by molar-refractivity contribution is -0.121. The number of H-pyrrole nitrogens is 1. The number of nitrogens with zero attached hydrogens (tertiary/aromatic N) is 2. The summed E-state index contributed by atoms with van der Waals surface area (Å²) in [6.45, 7) is 3.10. The topological polar surface area (TPSA) is 124 Å². The van der Waals surface area contributed by atoms with Gasteiger partial charge < -0.3 is 0 Å². The highest BCUT2D eigenvalue weighted by molar-refractivity contribution is 9.10. The second-order valence-corrected chi connectivity index (χ2v) is 8.43. The summed E-state index contributed by atoms with van der Waals surface area (Å²) in [6, 6.07) is 6.28. The lowest BCUT2D eigenvalue weighted by atomic mass is 10.2. The molecule has 2 amide bonds. The summed E-state index contributed by atoms with van der Waals surface area (Å²) >= 11 is 3.20. The highest BCUT2D eigenvalue weighted by Gasteiger charge is 2.23. The van der Waals surface area contributed by atoms with Gasteiger partial charge in [-0.25, -0.2) is 8.42 Å². The number of aromatic nitrogens is 2. The first-order valence-corrected chi connectivity index (χ1v) is 9.69. The van der Waals surface area contributed by atoms with E-state index < -0.39 is 28.4 Å². The molecule has 0 atom stereocenters. The normalized spacial score (nSPS) is 11.4. The number of aryl methyl sites for hydroxylation is 2. The maximum atomic E-state index is 12.4. The Morgan fingerprint density at radius 3 is 2.35 bits per heavy atom. The summed E-state index contributed by atoms with van der Waals surface area (Å²) in [6.07, 6.45) is 0. The molecule has 9 nitrogen and oxygen atoms in total. The monoisotopic (exact) mass is 443 g/mol. The van der Waals surface area contributed by atoms with Gasteiger partial charge in [-0.3, -0.25) is 25.5 Å². The van der Waals surface area contributed by atoms with E-state index in [9.17, 15) is 18.0 Å². The zero-order chi connectivity index (χ0) is 19.5. The van der Waals surface area contributed by atoms with Gasteiger partial charge in [0.25, 0.3) is 11.8 Å². The van der Waals surface area contributed by atoms with Crippen LogP contribution in [0.25, 0.3) is 0 Å². The Kier molecular flexibility index (Phi) is 6.16. The molecule has 0 fully saturated rings. The van der Waals surface area contributed by atoms with Gasteiger partial charge >= 0.3 is 0 Å². The van der Waals surface area contributed by atoms with E-state index in [4.69, 9.17) is 0 Å². The number of hydrogen-bond acceptors (Lipinski definition) is 5. The lowest BCUT2D eigenvalue weighted by Crippen LogP contribution is -2.46. The fourth-order valence-corrected chi connectivity index (χ4v) is 3.45. The zero-order valence-electron chi connectivity index (χ0n) is 14.3. The Morgan fingerprint density at radius 2 is 1.81 bits per heavy atom. The van der Waals surface area contributed by atoms with E-state index in [1.165, 1.54) is 19.2 Å². The first kappa shape index (κ1) is 20.1. The van der Waals surface area contributed by atoms with Crippen molar-refractivity contribution in [3.05, 3.63) is 45.7 Å². The van der Waals surface area contributed by atoms with E-state index in [1.807, 2.05) is 6.92 Å². The van der Waals surface area contributed by atoms with Gasteiger partial charge in [-0.05, 0) is 41.9 Å². The molecule has 0 unspecified atom stereocenters. The summed E-state index contributed by atoms with van der Waals surface area (Å²) in [5.74, 6) is -1.33. The third kappa shape index (κ3) is 4.48. The van der Waals surface area contributed by atoms with Crippen LogP contribution < -0.4 is 10.9 Å². The molecule has 0 bridgehead atoms. The zero-order valence-corrected chi connectivity index (χ0v) is 16.7. The number of hydrazine groups is 1. The second-order valence-electron chi connectivity index (χ2n) is 5.59. The predicted molar refractivity (Wildman–Crippen MR) is 97.6 cm³/mol. The average Bonchev–Trinajstić information content (AvgIpc) is 2.92. The Balaban J connectivity index is 1.95. The van der Waals surface area contributed by atoms with Gasteiger partial charge in [0.05, 0.1) is 15.9 Å². The Labute approximate surface area is 159 Å². The molecule has 0 radical (unpaired) electrons. The molecule has 2 rings (SSSR count). The third-order valence-electron chi connectivity index (χ3n) is 3.50. The number of aromatic amines is 1. The van der Waals surface area contributed by atoms with Crippen LogP contribution in [0.4, 0.5) is 0 Å². The van der Waals surface area contributed by atoms with Crippen molar-refractivity contribution in [1.29, 1.82) is 0 Å². The summed E-state index contributed by atoms with van der Waals surface area (Å²) in [5, 5.41) is 6.42. The molecule has 0 aliphatic carbocycles. The van der Waals surface area contributed by atoms with Crippen LogP contribution in [-0.2, 0) is 14.8 Å². The van der Waals surface area contributed by atoms with Crippen LogP contribution >= 0.6 is 15.9 Å². The van der Waals surface area contributed by atoms with Gasteiger partial charge in [-0.2, -0.15) is 9.40 Å². The number of hydrogen-bond donors (Lipinski definition) is 3. The molecule has 0 saturated carbocycles. The number of likely N-dealkylation sites (N-methyl/N-ethyl adjacent to an activating group) is 1. The number of amides is 2. The minimum Gasteiger partial charge on any atom is -0.281 e. The summed E-state index contributed by atoms with van der Waals surface area (Å²) in [5.41, 5.74) is 6.00. The van der Waals surface area contributed by atoms with Crippen LogP contribution in [0.5, 0.6) is 0 Å². The van der Waals surface area contributed by atoms with Crippen molar-refractivity contribution < 1.29 is 18.0 Å². The summed E-state index contributed by atoms with van der Waals surface area (Å²) in [7, 11) is -2.53. The molecule has 3 N–H and O–H groups in total. The SMILES string of the molecule is Cc1ccc(S(=O)(=O)N(C)CC(=O)NNC(=O)c2n[nH]c(C)c2Br)cc1. The molecule has 0 aliphatic heterocycles. The molecule has 1 aromatic carbocycles. The molecule has 1 aromatic heterocycles. The largest absolute Gasteiger partial charge is 0.291 e. The van der Waals surface area contributed by atoms with E-state index in [-0.39, 0.29) is 10.6 Å². The molecule has 0 aliphatic rings. The van der Waals surface area contributed by atoms with Gasteiger partial charge in [0.1, 0.15) is 0 Å². The van der Waals surface area contributed by atoms with Gasteiger partial charge in [0, 0.05) is 12.7 Å². The summed E-state index contributed by atoms with van der Waals surface area (Å²) in [4.78, 5) is 24.0. The van der Waals surface area contributed by atoms with Gasteiger partial charge in [-0.1, -0.05) is 17.7 Å². The molecule has 140 valence electrons. The van der Waals surface area contributed by atoms with Gasteiger partial charge in [0.2, 0.25) is 10.0 Å². The maximum absolute atomic E-state index is 12.4. The highest BCUT2D eigenvalue weighted by atomic mass is 79.9. The molecule has 0 saturated heterocycles. The molecule has 1 heterocycles. The van der Waals surface area contributed by atoms with Crippen LogP contribution in [0.3, 0.4) is 0 Å². The van der Waals surface area contributed by atoms with E-state index in [1.54, 1.807) is 19.1 Å². The fraction of sp³-hybridized carbons (Fsp3) is 0.267. The minimum absolute atomic E-state index is 0.0726. The Hall–Kier alpha value is -2.24. The number of rotatable bonds is 5. The minimum atomic E-state index is -3.81. The number of nitrogens with one attached hydrogen (secondary N) is 3. The summed E-state index contributed by atoms with van der Waals surface area (Å²) < 4.78 is 26.2. The Morgan fingerprint density at radius 1 is 1.19 bits per heavy atom. The van der Waals surface area contributed by atoms with E-state index >= 15 is 0 Å². The van der Waals surface area contributed by atoms with Gasteiger partial charge in [-0.15, -0.1) is 0 Å². The lowest BCUT2D eigenvalue weighted by Gasteiger charge is -2.17. The molecular weight excluding hydrogens is 426 g/mol. The predicted octanol–water partition coefficient (Wildman–Crippen LogP) is 0.871. The van der Waals surface area contributed by atoms with Crippen molar-refractivity contribution in [2.45, 2.75) is 18.7 Å². The highest BCUT2D eigenvalue weighted by Crippen LogP contribution is 2.17. The van der Waals surface area contributed by atoms with Crippen LogP contribution in [0.1, 0.15) is 21.7 Å². The van der Waals surface area contributed by atoms with Crippen LogP contribution in [0.2, 0.25) is 0 Å². The first-order chi connectivity index (χ1) is 12.1. The Bertz CT molecular complexity index is 924. The number of sulfonamides is 1. The molecule has 11 heteroatoms. The van der Waals surface area contributed by atoms with Crippen LogP contribution in [0, 0.1) is 13.8 Å². The van der Waals surface area contributed by atoms with Crippen LogP contribution in [-0.4, -0.2) is 48.3 Å². The van der Waals surface area contributed by atoms with Crippen molar-refractivity contribution in [1.82, 2.24) is 25.4 Å². The number of halogens is 1. The van der Waals surface area contributed by atoms with E-state index in [2.05, 4.69) is 37.0 Å². The second kappa shape index (κ2) is 7.98. The standard InChI is InChI=1S/C15H18BrN5O4S/c1-9-4-6-11(7-5-9)26(24,25)21(3)8-12(22)18-20-15(23)14-13(16)10(2)17-19-14/h4-7H,8H2,1-3H3,(H,17,19)(H,18,22)(H,20,23). The molecular formula is C15H18BrN5O4S. The van der Waals surface area contributed by atoms with Crippen molar-refractivity contribution in [3.63, 3.8) is 0 Å². The number of benzene rings is 1. The molecule has 2 aromatic rings. The van der Waals surface area contributed by atoms with Crippen molar-refractivity contribution in [2.75, 3.05) is 13.6 Å². The molecule has 0 spiro atoms. The molecule has 26 heavy (non-hydrogen) atoms. The maximum Gasteiger partial charge on any atom is 0.291 e. The van der Waals surface area contributed by atoms with Crippen LogP contribution in [0.15, 0.2) is 33.6 Å². The van der Waals surface area contributed by atoms with Crippen molar-refractivity contribution in [3.8, 4) is 0 Å². The van der Waals surface area contributed by atoms with Crippen molar-refractivity contribution in [2.24, 2.45) is 0 Å². The van der Waals surface area contributed by atoms with E-state index in [0.29, 0.717) is 10.2 Å². The average molecular weight is 444 g/mol. The smallest absolute Gasteiger partial charge is 0.281 e. The third-order valence-corrected chi connectivity index (χ3v) is 6.29. The van der Waals surface area contributed by atoms with Gasteiger partial charge in [0.15, 0.2) is 5.69 Å².